The lowest BCUT2D eigenvalue weighted by Crippen LogP contribution is -2.29. The summed E-state index contributed by atoms with van der Waals surface area (Å²) in [5, 5.41) is 13.7. The summed E-state index contributed by atoms with van der Waals surface area (Å²) in [6, 6.07) is 15.4. The number of thiocarbonyl (C=S) groups is 1. The number of fused-ring (bicyclic) bond motifs is 1. The van der Waals surface area contributed by atoms with Crippen LogP contribution in [0, 0.1) is 0 Å². The van der Waals surface area contributed by atoms with Gasteiger partial charge in [-0.15, -0.1) is 0 Å². The largest absolute Gasteiger partial charge is 0.481 e. The van der Waals surface area contributed by atoms with Gasteiger partial charge in [-0.3, -0.25) is 14.5 Å². The van der Waals surface area contributed by atoms with Crippen LogP contribution in [0.4, 0.5) is 0 Å². The lowest BCUT2D eigenvalue weighted by Gasteiger charge is -2.13. The van der Waals surface area contributed by atoms with Crippen LogP contribution in [0.2, 0.25) is 0 Å². The Hall–Kier alpha value is -2.97. The third-order valence-corrected chi connectivity index (χ3v) is 5.86. The Kier molecular flexibility index (Phi) is 5.46. The summed E-state index contributed by atoms with van der Waals surface area (Å²) < 4.78 is 5.97. The third-order valence-electron chi connectivity index (χ3n) is 4.48. The summed E-state index contributed by atoms with van der Waals surface area (Å²) >= 11 is 6.52. The van der Waals surface area contributed by atoms with E-state index in [0.29, 0.717) is 28.0 Å². The number of hydrogen-bond acceptors (Lipinski definition) is 6. The van der Waals surface area contributed by atoms with E-state index >= 15 is 0 Å². The fraction of sp³-hybridized carbons (Fsp3) is 0.143. The van der Waals surface area contributed by atoms with Crippen molar-refractivity contribution in [1.29, 1.82) is 0 Å². The van der Waals surface area contributed by atoms with Gasteiger partial charge in [-0.1, -0.05) is 65.5 Å². The molecule has 0 saturated carbocycles. The van der Waals surface area contributed by atoms with E-state index < -0.39 is 5.97 Å². The summed E-state index contributed by atoms with van der Waals surface area (Å²) in [7, 11) is 0. The highest BCUT2D eigenvalue weighted by Crippen LogP contribution is 2.34. The molecule has 146 valence electrons. The minimum atomic E-state index is -0.887. The first-order valence-electron chi connectivity index (χ1n) is 8.95. The van der Waals surface area contributed by atoms with Crippen molar-refractivity contribution in [2.24, 2.45) is 0 Å². The van der Waals surface area contributed by atoms with Crippen molar-refractivity contribution < 1.29 is 19.2 Å². The molecule has 8 heteroatoms. The molecule has 4 rings (SSSR count). The molecule has 3 aromatic rings. The number of rotatable bonds is 6. The van der Waals surface area contributed by atoms with Crippen molar-refractivity contribution in [1.82, 2.24) is 10.1 Å². The molecule has 1 aromatic heterocycles. The quantitative estimate of drug-likeness (QED) is 0.459. The van der Waals surface area contributed by atoms with Crippen LogP contribution in [0.25, 0.3) is 28.3 Å². The molecule has 1 saturated heterocycles. The molecule has 0 atom stereocenters. The van der Waals surface area contributed by atoms with E-state index in [2.05, 4.69) is 5.16 Å². The molecule has 1 N–H and O–H groups in total. The smallest absolute Gasteiger partial charge is 0.303 e. The van der Waals surface area contributed by atoms with E-state index in [1.807, 2.05) is 48.5 Å². The van der Waals surface area contributed by atoms with Crippen molar-refractivity contribution in [3.63, 3.8) is 0 Å². The Balaban J connectivity index is 1.60. The second-order valence-corrected chi connectivity index (χ2v) is 8.16. The van der Waals surface area contributed by atoms with Crippen LogP contribution < -0.4 is 0 Å². The van der Waals surface area contributed by atoms with Gasteiger partial charge in [0, 0.05) is 18.5 Å². The number of carbonyl (C=O) groups is 2. The molecule has 1 aliphatic heterocycles. The number of aliphatic carboxylic acids is 1. The molecule has 1 amide bonds. The Morgan fingerprint density at radius 3 is 2.79 bits per heavy atom. The van der Waals surface area contributed by atoms with Gasteiger partial charge in [0.25, 0.3) is 5.91 Å². The van der Waals surface area contributed by atoms with Gasteiger partial charge in [0.05, 0.1) is 10.3 Å². The zero-order valence-corrected chi connectivity index (χ0v) is 16.8. The van der Waals surface area contributed by atoms with Crippen LogP contribution in [-0.4, -0.2) is 37.9 Å². The average molecular weight is 425 g/mol. The van der Waals surface area contributed by atoms with E-state index in [1.54, 1.807) is 6.08 Å². The van der Waals surface area contributed by atoms with Crippen LogP contribution >= 0.6 is 24.0 Å². The molecule has 1 fully saturated rings. The van der Waals surface area contributed by atoms with E-state index in [-0.39, 0.29) is 12.3 Å². The molecule has 29 heavy (non-hydrogen) atoms. The highest BCUT2D eigenvalue weighted by atomic mass is 32.2. The minimum absolute atomic E-state index is 0.00251. The number of carboxylic acids is 1. The first kappa shape index (κ1) is 19.4. The SMILES string of the molecule is O=C(O)CCCN1C(=O)C(=Cc2ccc3noc(-c4ccccc4)c3c2)SC1=S. The van der Waals surface area contributed by atoms with Gasteiger partial charge in [0.1, 0.15) is 9.84 Å². The molecule has 0 radical (unpaired) electrons. The van der Waals surface area contributed by atoms with Crippen LogP contribution in [0.3, 0.4) is 0 Å². The molecule has 1 aliphatic rings. The van der Waals surface area contributed by atoms with Gasteiger partial charge in [0.15, 0.2) is 5.76 Å². The summed E-state index contributed by atoms with van der Waals surface area (Å²) in [5.74, 6) is -0.404. The number of carbonyl (C=O) groups excluding carboxylic acids is 1. The van der Waals surface area contributed by atoms with Gasteiger partial charge in [-0.05, 0) is 30.2 Å². The Bertz CT molecular complexity index is 1140. The molecule has 2 heterocycles. The van der Waals surface area contributed by atoms with Crippen LogP contribution in [0.5, 0.6) is 0 Å². The minimum Gasteiger partial charge on any atom is -0.481 e. The summed E-state index contributed by atoms with van der Waals surface area (Å²) in [4.78, 5) is 25.3. The average Bonchev–Trinajstić information content (AvgIpc) is 3.24. The maximum atomic E-state index is 12.7. The summed E-state index contributed by atoms with van der Waals surface area (Å²) in [6.45, 7) is 0.303. The maximum Gasteiger partial charge on any atom is 0.303 e. The predicted octanol–water partition coefficient (Wildman–Crippen LogP) is 4.56. The van der Waals surface area contributed by atoms with Gasteiger partial charge < -0.3 is 9.63 Å². The van der Waals surface area contributed by atoms with Crippen molar-refractivity contribution in [2.75, 3.05) is 6.54 Å². The standard InChI is InChI=1S/C21H16N2O4S2/c24-18(25)7-4-10-23-20(26)17(29-21(23)28)12-13-8-9-16-15(11-13)19(27-22-16)14-5-2-1-3-6-14/h1-3,5-6,8-9,11-12H,4,7,10H2,(H,24,25). The molecule has 0 aliphatic carbocycles. The second kappa shape index (κ2) is 8.18. The first-order chi connectivity index (χ1) is 14.0. The Labute approximate surface area is 176 Å². The van der Waals surface area contributed by atoms with Crippen molar-refractivity contribution >= 4 is 57.2 Å². The number of hydrogen-bond donors (Lipinski definition) is 1. The van der Waals surface area contributed by atoms with Crippen LogP contribution in [0.1, 0.15) is 18.4 Å². The normalized spacial score (nSPS) is 15.6. The highest BCUT2D eigenvalue weighted by molar-refractivity contribution is 8.26. The van der Waals surface area contributed by atoms with E-state index in [4.69, 9.17) is 21.8 Å². The number of carboxylic acid groups (broad SMARTS) is 1. The van der Waals surface area contributed by atoms with E-state index in [0.717, 1.165) is 22.0 Å². The number of benzene rings is 2. The monoisotopic (exact) mass is 424 g/mol. The zero-order chi connectivity index (χ0) is 20.4. The first-order valence-corrected chi connectivity index (χ1v) is 10.2. The fourth-order valence-electron chi connectivity index (χ4n) is 3.08. The van der Waals surface area contributed by atoms with Crippen LogP contribution in [0.15, 0.2) is 58.0 Å². The van der Waals surface area contributed by atoms with Gasteiger partial charge >= 0.3 is 5.97 Å². The summed E-state index contributed by atoms with van der Waals surface area (Å²) in [6.07, 6.45) is 2.16. The van der Waals surface area contributed by atoms with E-state index in [1.165, 1.54) is 16.7 Å². The van der Waals surface area contributed by atoms with E-state index in [9.17, 15) is 9.59 Å². The molecule has 2 aromatic carbocycles. The highest BCUT2D eigenvalue weighted by Gasteiger charge is 2.31. The second-order valence-electron chi connectivity index (χ2n) is 6.48. The van der Waals surface area contributed by atoms with Gasteiger partial charge in [0.2, 0.25) is 0 Å². The molecular formula is C21H16N2O4S2. The maximum absolute atomic E-state index is 12.7. The molecule has 0 spiro atoms. The Morgan fingerprint density at radius 1 is 1.24 bits per heavy atom. The van der Waals surface area contributed by atoms with Crippen molar-refractivity contribution in [3.05, 3.63) is 59.0 Å². The van der Waals surface area contributed by atoms with Crippen LogP contribution in [-0.2, 0) is 9.59 Å². The third kappa shape index (κ3) is 4.08. The lowest BCUT2D eigenvalue weighted by atomic mass is 10.1. The summed E-state index contributed by atoms with van der Waals surface area (Å²) in [5.41, 5.74) is 2.50. The lowest BCUT2D eigenvalue weighted by molar-refractivity contribution is -0.137. The van der Waals surface area contributed by atoms with Gasteiger partial charge in [-0.25, -0.2) is 0 Å². The fourth-order valence-corrected chi connectivity index (χ4v) is 4.39. The Morgan fingerprint density at radius 2 is 2.03 bits per heavy atom. The zero-order valence-electron chi connectivity index (χ0n) is 15.2. The molecule has 0 unspecified atom stereocenters. The number of amides is 1. The predicted molar refractivity (Wildman–Crippen MR) is 116 cm³/mol. The number of aromatic nitrogens is 1. The molecular weight excluding hydrogens is 408 g/mol. The van der Waals surface area contributed by atoms with Crippen molar-refractivity contribution in [2.45, 2.75) is 12.8 Å². The number of thioether (sulfide) groups is 1. The van der Waals surface area contributed by atoms with Gasteiger partial charge in [-0.2, -0.15) is 0 Å². The topological polar surface area (TPSA) is 83.6 Å². The number of nitrogens with zero attached hydrogens (tertiary/aromatic N) is 2. The molecule has 6 nitrogen and oxygen atoms in total. The molecule has 0 bridgehead atoms. The van der Waals surface area contributed by atoms with Crippen molar-refractivity contribution in [3.8, 4) is 11.3 Å².